The van der Waals surface area contributed by atoms with E-state index in [4.69, 9.17) is 5.73 Å². The van der Waals surface area contributed by atoms with Gasteiger partial charge in [0.15, 0.2) is 0 Å². The largest absolute Gasteiger partial charge is 0.435 e. The van der Waals surface area contributed by atoms with Crippen LogP contribution in [0.5, 0.6) is 5.75 Å². The normalized spacial score (nSPS) is 20.7. The Morgan fingerprint density at radius 2 is 1.90 bits per heavy atom. The number of rotatable bonds is 4. The molecule has 0 aromatic heterocycles. The topological polar surface area (TPSA) is 55.6 Å². The average molecular weight is 282 g/mol. The molecule has 0 unspecified atom stereocenters. The van der Waals surface area contributed by atoms with Crippen LogP contribution in [0.25, 0.3) is 0 Å². The minimum atomic E-state index is -2.86. The van der Waals surface area contributed by atoms with E-state index in [1.807, 2.05) is 0 Å². The summed E-state index contributed by atoms with van der Waals surface area (Å²) in [5.74, 6) is 0.481. The summed E-state index contributed by atoms with van der Waals surface area (Å²) in [6.07, 6.45) is 2.30. The lowest BCUT2D eigenvalue weighted by molar-refractivity contribution is -0.0498. The Morgan fingerprint density at radius 1 is 1.30 bits per heavy atom. The third kappa shape index (κ3) is 2.47. The number of hydrogen-bond acceptors (Lipinski definition) is 3. The van der Waals surface area contributed by atoms with Crippen molar-refractivity contribution in [3.63, 3.8) is 0 Å². The lowest BCUT2D eigenvalue weighted by Gasteiger charge is -2.48. The molecule has 1 heterocycles. The van der Waals surface area contributed by atoms with Crippen LogP contribution >= 0.6 is 0 Å². The smallest absolute Gasteiger partial charge is 0.387 e. The summed E-state index contributed by atoms with van der Waals surface area (Å²) >= 11 is 0. The van der Waals surface area contributed by atoms with E-state index in [2.05, 4.69) is 4.74 Å². The van der Waals surface area contributed by atoms with Gasteiger partial charge in [-0.3, -0.25) is 4.79 Å². The number of nitrogens with zero attached hydrogens (tertiary/aromatic N) is 1. The number of amides is 1. The van der Waals surface area contributed by atoms with Gasteiger partial charge in [-0.05, 0) is 43.0 Å². The molecule has 0 bridgehead atoms. The lowest BCUT2D eigenvalue weighted by atomic mass is 9.85. The molecular weight excluding hydrogens is 266 g/mol. The van der Waals surface area contributed by atoms with E-state index in [1.54, 1.807) is 4.90 Å². The Labute approximate surface area is 115 Å². The van der Waals surface area contributed by atoms with Gasteiger partial charge in [-0.15, -0.1) is 0 Å². The predicted octanol–water partition coefficient (Wildman–Crippen LogP) is 1.85. The summed E-state index contributed by atoms with van der Waals surface area (Å²) in [6, 6.07) is 5.73. The molecule has 2 N–H and O–H groups in total. The number of halogens is 2. The molecule has 6 heteroatoms. The summed E-state index contributed by atoms with van der Waals surface area (Å²) in [5.41, 5.74) is 6.44. The highest BCUT2D eigenvalue weighted by atomic mass is 19.3. The highest BCUT2D eigenvalue weighted by molar-refractivity contribution is 5.95. The summed E-state index contributed by atoms with van der Waals surface area (Å²) < 4.78 is 28.3. The molecule has 1 saturated heterocycles. The fourth-order valence-electron chi connectivity index (χ4n) is 2.69. The molecule has 1 aromatic rings. The van der Waals surface area contributed by atoms with E-state index in [-0.39, 0.29) is 17.2 Å². The van der Waals surface area contributed by atoms with Gasteiger partial charge >= 0.3 is 6.61 Å². The first-order valence-electron chi connectivity index (χ1n) is 6.61. The molecule has 4 nitrogen and oxygen atoms in total. The van der Waals surface area contributed by atoms with E-state index in [0.29, 0.717) is 24.6 Å². The van der Waals surface area contributed by atoms with Gasteiger partial charge < -0.3 is 15.4 Å². The molecule has 3 rings (SSSR count). The first-order chi connectivity index (χ1) is 9.48. The van der Waals surface area contributed by atoms with Crippen molar-refractivity contribution in [3.8, 4) is 5.75 Å². The maximum absolute atomic E-state index is 12.2. The van der Waals surface area contributed by atoms with Crippen molar-refractivity contribution in [2.24, 2.45) is 11.7 Å². The van der Waals surface area contributed by atoms with Crippen molar-refractivity contribution >= 4 is 5.91 Å². The van der Waals surface area contributed by atoms with Gasteiger partial charge in [-0.1, -0.05) is 0 Å². The number of carbonyl (C=O) groups excluding carboxylic acids is 1. The zero-order valence-corrected chi connectivity index (χ0v) is 10.9. The Morgan fingerprint density at radius 3 is 2.40 bits per heavy atom. The molecule has 1 amide bonds. The van der Waals surface area contributed by atoms with Crippen LogP contribution in [-0.4, -0.2) is 36.0 Å². The molecule has 1 saturated carbocycles. The average Bonchev–Trinajstić information content (AvgIpc) is 3.19. The van der Waals surface area contributed by atoms with Crippen LogP contribution in [0.15, 0.2) is 24.3 Å². The maximum atomic E-state index is 12.2. The molecule has 1 aliphatic heterocycles. The Kier molecular flexibility index (Phi) is 3.12. The minimum Gasteiger partial charge on any atom is -0.435 e. The van der Waals surface area contributed by atoms with E-state index in [1.165, 1.54) is 24.3 Å². The Hall–Kier alpha value is -1.69. The van der Waals surface area contributed by atoms with Crippen molar-refractivity contribution in [2.45, 2.75) is 25.0 Å². The standard InChI is InChI=1S/C14H16F2N2O2/c15-13(16)20-11-5-1-9(2-6-11)12(19)18-7-14(17,8-18)10-3-4-10/h1-2,5-6,10,13H,3-4,7-8,17H2. The number of benzene rings is 1. The van der Waals surface area contributed by atoms with Crippen molar-refractivity contribution < 1.29 is 18.3 Å². The van der Waals surface area contributed by atoms with Crippen LogP contribution in [0.4, 0.5) is 8.78 Å². The summed E-state index contributed by atoms with van der Waals surface area (Å²) in [5, 5.41) is 0. The highest BCUT2D eigenvalue weighted by Gasteiger charge is 2.51. The number of alkyl halides is 2. The first kappa shape index (κ1) is 13.3. The second kappa shape index (κ2) is 4.70. The van der Waals surface area contributed by atoms with Crippen molar-refractivity contribution in [2.75, 3.05) is 13.1 Å². The molecule has 1 aliphatic carbocycles. The summed E-state index contributed by atoms with van der Waals surface area (Å²) in [7, 11) is 0. The Balaban J connectivity index is 1.60. The second-order valence-electron chi connectivity index (χ2n) is 5.57. The van der Waals surface area contributed by atoms with Crippen molar-refractivity contribution in [3.05, 3.63) is 29.8 Å². The zero-order chi connectivity index (χ0) is 14.3. The predicted molar refractivity (Wildman–Crippen MR) is 68.6 cm³/mol. The first-order valence-corrected chi connectivity index (χ1v) is 6.61. The van der Waals surface area contributed by atoms with Gasteiger partial charge in [0.2, 0.25) is 0 Å². The molecule has 20 heavy (non-hydrogen) atoms. The number of nitrogens with two attached hydrogens (primary N) is 1. The van der Waals surface area contributed by atoms with Gasteiger partial charge in [0.05, 0.1) is 5.54 Å². The number of hydrogen-bond donors (Lipinski definition) is 1. The Bertz CT molecular complexity index is 508. The van der Waals surface area contributed by atoms with E-state index in [9.17, 15) is 13.6 Å². The molecule has 2 aliphatic rings. The molecule has 0 radical (unpaired) electrons. The number of likely N-dealkylation sites (tertiary alicyclic amines) is 1. The second-order valence-corrected chi connectivity index (χ2v) is 5.57. The van der Waals surface area contributed by atoms with Gasteiger partial charge in [0, 0.05) is 18.7 Å². The van der Waals surface area contributed by atoms with Crippen molar-refractivity contribution in [1.29, 1.82) is 0 Å². The summed E-state index contributed by atoms with van der Waals surface area (Å²) in [4.78, 5) is 13.9. The number of ether oxygens (including phenoxy) is 1. The molecule has 108 valence electrons. The molecule has 0 spiro atoms. The van der Waals surface area contributed by atoms with Crippen molar-refractivity contribution in [1.82, 2.24) is 4.90 Å². The minimum absolute atomic E-state index is 0.0475. The van der Waals surface area contributed by atoms with Crippen LogP contribution in [-0.2, 0) is 0 Å². The fraction of sp³-hybridized carbons (Fsp3) is 0.500. The summed E-state index contributed by atoms with van der Waals surface area (Å²) in [6.45, 7) is -1.71. The van der Waals surface area contributed by atoms with Gasteiger partial charge in [-0.2, -0.15) is 8.78 Å². The quantitative estimate of drug-likeness (QED) is 0.917. The van der Waals surface area contributed by atoms with Crippen LogP contribution in [0.1, 0.15) is 23.2 Å². The van der Waals surface area contributed by atoms with Gasteiger partial charge in [0.1, 0.15) is 5.75 Å². The van der Waals surface area contributed by atoms with Gasteiger partial charge in [0.25, 0.3) is 5.91 Å². The molecule has 0 atom stereocenters. The lowest BCUT2D eigenvalue weighted by Crippen LogP contribution is -2.69. The van der Waals surface area contributed by atoms with E-state index >= 15 is 0 Å². The van der Waals surface area contributed by atoms with Crippen LogP contribution in [0.2, 0.25) is 0 Å². The monoisotopic (exact) mass is 282 g/mol. The molecule has 2 fully saturated rings. The van der Waals surface area contributed by atoms with Crippen LogP contribution in [0.3, 0.4) is 0 Å². The fourth-order valence-corrected chi connectivity index (χ4v) is 2.69. The van der Waals surface area contributed by atoms with Crippen LogP contribution in [0, 0.1) is 5.92 Å². The van der Waals surface area contributed by atoms with E-state index < -0.39 is 6.61 Å². The van der Waals surface area contributed by atoms with Gasteiger partial charge in [-0.25, -0.2) is 0 Å². The number of carbonyl (C=O) groups is 1. The SMILES string of the molecule is NC1(C2CC2)CN(C(=O)c2ccc(OC(F)F)cc2)C1. The van der Waals surface area contributed by atoms with E-state index in [0.717, 1.165) is 12.8 Å². The third-order valence-electron chi connectivity index (χ3n) is 3.97. The highest BCUT2D eigenvalue weighted by Crippen LogP contribution is 2.43. The zero-order valence-electron chi connectivity index (χ0n) is 10.9. The third-order valence-corrected chi connectivity index (χ3v) is 3.97. The maximum Gasteiger partial charge on any atom is 0.387 e. The van der Waals surface area contributed by atoms with Crippen LogP contribution < -0.4 is 10.5 Å². The molecular formula is C14H16F2N2O2. The molecule has 1 aromatic carbocycles.